The molecule has 3 aromatic heterocycles. The monoisotopic (exact) mass is 459 g/mol. The molecule has 1 aliphatic heterocycles. The fraction of sp³-hybridized carbons (Fsp3) is 0.370. The first-order chi connectivity index (χ1) is 16.2. The van der Waals surface area contributed by atoms with E-state index in [4.69, 9.17) is 8.83 Å². The van der Waals surface area contributed by atoms with E-state index in [-0.39, 0.29) is 17.7 Å². The van der Waals surface area contributed by atoms with E-state index in [0.29, 0.717) is 42.9 Å². The van der Waals surface area contributed by atoms with Crippen LogP contribution in [0.2, 0.25) is 0 Å². The third kappa shape index (κ3) is 3.95. The number of benzene rings is 1. The van der Waals surface area contributed by atoms with Crippen LogP contribution in [-0.4, -0.2) is 42.0 Å². The van der Waals surface area contributed by atoms with Gasteiger partial charge in [-0.25, -0.2) is 9.78 Å². The number of rotatable bonds is 3. The molecule has 0 bridgehead atoms. The number of carbonyl (C=O) groups is 1. The lowest BCUT2D eigenvalue weighted by molar-refractivity contribution is -0.130. The number of aryl methyl sites for hydroxylation is 1. The van der Waals surface area contributed by atoms with Crippen LogP contribution in [-0.2, 0) is 16.6 Å². The Kier molecular flexibility index (Phi) is 5.42. The van der Waals surface area contributed by atoms with Crippen molar-refractivity contribution >= 4 is 33.7 Å². The molecule has 0 unspecified atom stereocenters. The maximum atomic E-state index is 13.1. The van der Waals surface area contributed by atoms with E-state index in [2.05, 4.69) is 30.7 Å². The molecule has 0 radical (unpaired) electrons. The fourth-order valence-corrected chi connectivity index (χ4v) is 4.68. The molecule has 0 spiro atoms. The Morgan fingerprint density at radius 2 is 1.82 bits per heavy atom. The molecule has 0 aliphatic carbocycles. The van der Waals surface area contributed by atoms with Crippen molar-refractivity contribution in [2.75, 3.05) is 31.1 Å². The summed E-state index contributed by atoms with van der Waals surface area (Å²) >= 11 is 0. The van der Waals surface area contributed by atoms with Gasteiger partial charge in [-0.05, 0) is 36.1 Å². The van der Waals surface area contributed by atoms with Crippen molar-refractivity contribution in [3.63, 3.8) is 0 Å². The number of piperazine rings is 1. The predicted octanol–water partition coefficient (Wildman–Crippen LogP) is 4.43. The fourth-order valence-electron chi connectivity index (χ4n) is 4.68. The number of anilines is 1. The number of amides is 1. The van der Waals surface area contributed by atoms with Crippen LogP contribution in [0.3, 0.4) is 0 Å². The third-order valence-corrected chi connectivity index (χ3v) is 6.72. The van der Waals surface area contributed by atoms with Gasteiger partial charge in [0.15, 0.2) is 0 Å². The van der Waals surface area contributed by atoms with Crippen LogP contribution >= 0.6 is 0 Å². The average molecular weight is 460 g/mol. The Morgan fingerprint density at radius 3 is 2.50 bits per heavy atom. The summed E-state index contributed by atoms with van der Waals surface area (Å²) in [6.07, 6.45) is 3.58. The van der Waals surface area contributed by atoms with E-state index >= 15 is 0 Å². The van der Waals surface area contributed by atoms with E-state index in [1.807, 2.05) is 36.1 Å². The minimum atomic E-state index is -0.465. The molecule has 176 valence electrons. The summed E-state index contributed by atoms with van der Waals surface area (Å²) in [6, 6.07) is 9.62. The number of hydrogen-bond donors (Lipinski definition) is 0. The molecule has 1 aliphatic rings. The zero-order valence-electron chi connectivity index (χ0n) is 20.1. The molecule has 34 heavy (non-hydrogen) atoms. The van der Waals surface area contributed by atoms with Gasteiger partial charge in [0.2, 0.25) is 5.91 Å². The lowest BCUT2D eigenvalue weighted by Gasteiger charge is -2.35. The minimum absolute atomic E-state index is 0.0310. The number of hydrogen-bond acceptors (Lipinski definition) is 6. The summed E-state index contributed by atoms with van der Waals surface area (Å²) in [4.78, 5) is 34.3. The molecule has 5 rings (SSSR count). The number of furan rings is 1. The molecule has 1 saturated heterocycles. The number of fused-ring (bicyclic) bond motifs is 2. The molecule has 7 nitrogen and oxygen atoms in total. The van der Waals surface area contributed by atoms with Gasteiger partial charge in [0.05, 0.1) is 18.2 Å². The van der Waals surface area contributed by atoms with Crippen molar-refractivity contribution in [2.24, 2.45) is 0 Å². The highest BCUT2D eigenvalue weighted by atomic mass is 16.4. The number of pyridine rings is 1. The highest BCUT2D eigenvalue weighted by molar-refractivity contribution is 5.97. The van der Waals surface area contributed by atoms with Gasteiger partial charge in [0.1, 0.15) is 17.0 Å². The zero-order valence-corrected chi connectivity index (χ0v) is 20.1. The molecule has 4 heterocycles. The predicted molar refractivity (Wildman–Crippen MR) is 132 cm³/mol. The summed E-state index contributed by atoms with van der Waals surface area (Å²) in [5.74, 6) is 0.857. The van der Waals surface area contributed by atoms with Crippen LogP contribution in [0, 0.1) is 6.92 Å². The number of aromatic nitrogens is 1. The Hall–Kier alpha value is -3.61. The number of carbonyl (C=O) groups excluding carboxylic acids is 1. The Bertz CT molecular complexity index is 1420. The van der Waals surface area contributed by atoms with Gasteiger partial charge in [-0.1, -0.05) is 26.8 Å². The second-order valence-electron chi connectivity index (χ2n) is 9.97. The first kappa shape index (κ1) is 22.2. The Balaban J connectivity index is 1.40. The third-order valence-electron chi connectivity index (χ3n) is 6.72. The van der Waals surface area contributed by atoms with Gasteiger partial charge in [-0.15, -0.1) is 0 Å². The molecule has 0 saturated carbocycles. The van der Waals surface area contributed by atoms with Gasteiger partial charge >= 0.3 is 5.63 Å². The SMILES string of the molecule is Cc1c(CC(=O)N2CCN(c3ccccn3)CC2)c(=O)oc2cc3occ(C(C)(C)C)c3cc12. The van der Waals surface area contributed by atoms with Crippen molar-refractivity contribution in [3.05, 3.63) is 69.9 Å². The largest absolute Gasteiger partial charge is 0.464 e. The summed E-state index contributed by atoms with van der Waals surface area (Å²) in [5.41, 5.74) is 2.92. The molecule has 0 atom stereocenters. The summed E-state index contributed by atoms with van der Waals surface area (Å²) in [5, 5.41) is 1.83. The summed E-state index contributed by atoms with van der Waals surface area (Å²) in [6.45, 7) is 10.9. The van der Waals surface area contributed by atoms with Crippen molar-refractivity contribution in [2.45, 2.75) is 39.5 Å². The van der Waals surface area contributed by atoms with Crippen molar-refractivity contribution < 1.29 is 13.6 Å². The Morgan fingerprint density at radius 1 is 1.06 bits per heavy atom. The minimum Gasteiger partial charge on any atom is -0.464 e. The van der Waals surface area contributed by atoms with Gasteiger partial charge in [0, 0.05) is 54.8 Å². The highest BCUT2D eigenvalue weighted by Crippen LogP contribution is 2.35. The normalized spacial score (nSPS) is 14.8. The highest BCUT2D eigenvalue weighted by Gasteiger charge is 2.25. The van der Waals surface area contributed by atoms with Crippen molar-refractivity contribution in [3.8, 4) is 0 Å². The first-order valence-electron chi connectivity index (χ1n) is 11.6. The average Bonchev–Trinajstić information content (AvgIpc) is 3.25. The van der Waals surface area contributed by atoms with Crippen molar-refractivity contribution in [1.82, 2.24) is 9.88 Å². The second-order valence-corrected chi connectivity index (χ2v) is 9.97. The molecule has 4 aromatic rings. The van der Waals surface area contributed by atoms with E-state index in [1.165, 1.54) is 0 Å². The van der Waals surface area contributed by atoms with Crippen molar-refractivity contribution in [1.29, 1.82) is 0 Å². The molecule has 7 heteroatoms. The molecule has 1 aromatic carbocycles. The van der Waals surface area contributed by atoms with Crippen LogP contribution in [0.25, 0.3) is 21.9 Å². The lowest BCUT2D eigenvalue weighted by atomic mass is 9.86. The molecule has 1 fully saturated rings. The maximum Gasteiger partial charge on any atom is 0.340 e. The standard InChI is InChI=1S/C27H29N3O4/c1-17-18-13-20-21(27(2,3)4)16-33-22(20)15-23(18)34-26(32)19(17)14-25(31)30-11-9-29(10-12-30)24-7-5-6-8-28-24/h5-8,13,15-16H,9-12,14H2,1-4H3. The smallest absolute Gasteiger partial charge is 0.340 e. The second kappa shape index (κ2) is 8.31. The van der Waals surface area contributed by atoms with Gasteiger partial charge in [-0.3, -0.25) is 4.79 Å². The van der Waals surface area contributed by atoms with E-state index in [0.717, 1.165) is 27.7 Å². The van der Waals surface area contributed by atoms with E-state index < -0.39 is 5.63 Å². The van der Waals surface area contributed by atoms with Crippen LogP contribution in [0.5, 0.6) is 0 Å². The molecular weight excluding hydrogens is 430 g/mol. The summed E-state index contributed by atoms with van der Waals surface area (Å²) in [7, 11) is 0. The topological polar surface area (TPSA) is 79.8 Å². The summed E-state index contributed by atoms with van der Waals surface area (Å²) < 4.78 is 11.4. The molecule has 0 N–H and O–H groups in total. The quantitative estimate of drug-likeness (QED) is 0.422. The van der Waals surface area contributed by atoms with Gasteiger partial charge < -0.3 is 18.6 Å². The Labute approximate surface area is 198 Å². The number of nitrogens with zero attached hydrogens (tertiary/aromatic N) is 3. The van der Waals surface area contributed by atoms with Crippen LogP contribution < -0.4 is 10.5 Å². The lowest BCUT2D eigenvalue weighted by Crippen LogP contribution is -2.49. The van der Waals surface area contributed by atoms with E-state index in [9.17, 15) is 9.59 Å². The zero-order chi connectivity index (χ0) is 24.0. The van der Waals surface area contributed by atoms with Gasteiger partial charge in [0.25, 0.3) is 0 Å². The molecular formula is C27H29N3O4. The van der Waals surface area contributed by atoms with Crippen LogP contribution in [0.4, 0.5) is 5.82 Å². The van der Waals surface area contributed by atoms with Crippen LogP contribution in [0.1, 0.15) is 37.5 Å². The first-order valence-corrected chi connectivity index (χ1v) is 11.6. The van der Waals surface area contributed by atoms with E-state index in [1.54, 1.807) is 18.5 Å². The van der Waals surface area contributed by atoms with Gasteiger partial charge in [-0.2, -0.15) is 0 Å². The van der Waals surface area contributed by atoms with Crippen LogP contribution in [0.15, 0.2) is 56.4 Å². The molecule has 1 amide bonds. The maximum absolute atomic E-state index is 13.1.